The van der Waals surface area contributed by atoms with Crippen LogP contribution in [-0.2, 0) is 19.4 Å². The number of benzene rings is 1. The highest BCUT2D eigenvalue weighted by molar-refractivity contribution is 9.10. The van der Waals surface area contributed by atoms with Gasteiger partial charge in [0.05, 0.1) is 0 Å². The summed E-state index contributed by atoms with van der Waals surface area (Å²) in [5.74, 6) is -4.15. The van der Waals surface area contributed by atoms with Gasteiger partial charge < -0.3 is 10.4 Å². The van der Waals surface area contributed by atoms with Crippen molar-refractivity contribution >= 4 is 43.3 Å². The molecule has 1 rings (SSSR count). The zero-order valence-electron chi connectivity index (χ0n) is 9.09. The van der Waals surface area contributed by atoms with E-state index in [0.29, 0.717) is 5.69 Å². The molecule has 0 radical (unpaired) electrons. The zero-order chi connectivity index (χ0) is 13.8. The lowest BCUT2D eigenvalue weighted by atomic mass is 10.3. The van der Waals surface area contributed by atoms with E-state index in [-0.39, 0.29) is 0 Å². The van der Waals surface area contributed by atoms with E-state index in [0.717, 1.165) is 4.47 Å². The molecule has 0 aliphatic carbocycles. The van der Waals surface area contributed by atoms with E-state index in [2.05, 4.69) is 21.2 Å². The third-order valence-corrected chi connectivity index (χ3v) is 3.74. The molecule has 0 saturated carbocycles. The summed E-state index contributed by atoms with van der Waals surface area (Å²) in [5, 5.41) is 10.7. The van der Waals surface area contributed by atoms with E-state index >= 15 is 0 Å². The average molecular weight is 336 g/mol. The first-order valence-corrected chi connectivity index (χ1v) is 7.37. The van der Waals surface area contributed by atoms with E-state index < -0.39 is 33.2 Å². The molecule has 1 amide bonds. The maximum Gasteiger partial charge on any atom is 0.318 e. The number of sulfone groups is 1. The molecule has 8 heteroatoms. The number of hydrogen-bond donors (Lipinski definition) is 2. The van der Waals surface area contributed by atoms with Crippen molar-refractivity contribution in [2.45, 2.75) is 0 Å². The predicted molar refractivity (Wildman–Crippen MR) is 69.1 cm³/mol. The van der Waals surface area contributed by atoms with Crippen molar-refractivity contribution in [3.8, 4) is 0 Å². The minimum Gasteiger partial charge on any atom is -0.480 e. The Morgan fingerprint density at radius 3 is 2.22 bits per heavy atom. The molecular weight excluding hydrogens is 326 g/mol. The van der Waals surface area contributed by atoms with Crippen molar-refractivity contribution in [1.82, 2.24) is 0 Å². The Hall–Kier alpha value is -1.41. The molecule has 0 aromatic heterocycles. The van der Waals surface area contributed by atoms with Crippen molar-refractivity contribution in [3.63, 3.8) is 0 Å². The summed E-state index contributed by atoms with van der Waals surface area (Å²) in [6, 6.07) is 6.54. The standard InChI is InChI=1S/C10H10BrNO5S/c11-7-1-3-8(4-2-7)12-9(13)5-18(16,17)6-10(14)15/h1-4H,5-6H2,(H,12,13)(H,14,15). The Bertz CT molecular complexity index is 552. The number of anilines is 1. The van der Waals surface area contributed by atoms with Gasteiger partial charge in [-0.15, -0.1) is 0 Å². The summed E-state index contributed by atoms with van der Waals surface area (Å²) in [5.41, 5.74) is 0.439. The van der Waals surface area contributed by atoms with Crippen molar-refractivity contribution in [2.75, 3.05) is 16.8 Å². The Morgan fingerprint density at radius 1 is 1.17 bits per heavy atom. The van der Waals surface area contributed by atoms with Crippen LogP contribution < -0.4 is 5.32 Å². The lowest BCUT2D eigenvalue weighted by molar-refractivity contribution is -0.134. The molecule has 0 atom stereocenters. The van der Waals surface area contributed by atoms with Crippen molar-refractivity contribution in [3.05, 3.63) is 28.7 Å². The summed E-state index contributed by atoms with van der Waals surface area (Å²) >= 11 is 3.21. The fourth-order valence-electron chi connectivity index (χ4n) is 1.17. The Balaban J connectivity index is 2.62. The Kier molecular flexibility index (Phi) is 4.85. The van der Waals surface area contributed by atoms with Crippen molar-refractivity contribution in [1.29, 1.82) is 0 Å². The highest BCUT2D eigenvalue weighted by Crippen LogP contribution is 2.14. The topological polar surface area (TPSA) is 101 Å². The molecule has 98 valence electrons. The Labute approximate surface area is 112 Å². The predicted octanol–water partition coefficient (Wildman–Crippen LogP) is 0.887. The number of rotatable bonds is 5. The molecule has 6 nitrogen and oxygen atoms in total. The first-order chi connectivity index (χ1) is 8.28. The first kappa shape index (κ1) is 14.7. The number of halogens is 1. The van der Waals surface area contributed by atoms with Crippen LogP contribution >= 0.6 is 15.9 Å². The maximum absolute atomic E-state index is 11.4. The second-order valence-electron chi connectivity index (χ2n) is 3.48. The highest BCUT2D eigenvalue weighted by Gasteiger charge is 2.20. The van der Waals surface area contributed by atoms with Crippen LogP contribution in [0.15, 0.2) is 28.7 Å². The number of nitrogens with one attached hydrogen (secondary N) is 1. The molecule has 0 heterocycles. The van der Waals surface area contributed by atoms with E-state index in [4.69, 9.17) is 5.11 Å². The van der Waals surface area contributed by atoms with Crippen LogP contribution in [0.25, 0.3) is 0 Å². The van der Waals surface area contributed by atoms with E-state index in [1.54, 1.807) is 24.3 Å². The van der Waals surface area contributed by atoms with Gasteiger partial charge in [-0.2, -0.15) is 0 Å². The molecule has 1 aromatic carbocycles. The third kappa shape index (κ3) is 5.28. The van der Waals surface area contributed by atoms with Crippen LogP contribution in [0.1, 0.15) is 0 Å². The van der Waals surface area contributed by atoms with Crippen LogP contribution in [-0.4, -0.2) is 36.9 Å². The van der Waals surface area contributed by atoms with E-state index in [9.17, 15) is 18.0 Å². The number of carboxylic acid groups (broad SMARTS) is 1. The van der Waals surface area contributed by atoms with Gasteiger partial charge in [-0.25, -0.2) is 8.42 Å². The molecule has 18 heavy (non-hydrogen) atoms. The summed E-state index contributed by atoms with van der Waals surface area (Å²) in [6.45, 7) is 0. The van der Waals surface area contributed by atoms with Crippen molar-refractivity contribution in [2.24, 2.45) is 0 Å². The van der Waals surface area contributed by atoms with Gasteiger partial charge >= 0.3 is 5.97 Å². The summed E-state index contributed by atoms with van der Waals surface area (Å²) < 4.78 is 23.3. The van der Waals surface area contributed by atoms with Crippen molar-refractivity contribution < 1.29 is 23.1 Å². The van der Waals surface area contributed by atoms with Crippen LogP contribution in [0.3, 0.4) is 0 Å². The molecule has 0 saturated heterocycles. The van der Waals surface area contributed by atoms with Gasteiger partial charge in [0.25, 0.3) is 0 Å². The van der Waals surface area contributed by atoms with Crippen LogP contribution in [0.5, 0.6) is 0 Å². The second kappa shape index (κ2) is 5.96. The quantitative estimate of drug-likeness (QED) is 0.832. The van der Waals surface area contributed by atoms with Gasteiger partial charge in [0, 0.05) is 10.2 Å². The molecule has 1 aromatic rings. The lowest BCUT2D eigenvalue weighted by Gasteiger charge is -2.05. The minimum atomic E-state index is -3.93. The third-order valence-electron chi connectivity index (χ3n) is 1.82. The van der Waals surface area contributed by atoms with Gasteiger partial charge in [-0.3, -0.25) is 9.59 Å². The van der Waals surface area contributed by atoms with Gasteiger partial charge in [0.15, 0.2) is 9.84 Å². The normalized spacial score (nSPS) is 10.9. The van der Waals surface area contributed by atoms with Gasteiger partial charge in [0.2, 0.25) is 5.91 Å². The first-order valence-electron chi connectivity index (χ1n) is 4.76. The fraction of sp³-hybridized carbons (Fsp3) is 0.200. The number of carbonyl (C=O) groups is 2. The van der Waals surface area contributed by atoms with Gasteiger partial charge in [0.1, 0.15) is 11.5 Å². The number of carboxylic acids is 1. The zero-order valence-corrected chi connectivity index (χ0v) is 11.5. The number of aliphatic carboxylic acids is 1. The molecule has 0 bridgehead atoms. The number of carbonyl (C=O) groups excluding carboxylic acids is 1. The van der Waals surface area contributed by atoms with Crippen LogP contribution in [0, 0.1) is 0 Å². The SMILES string of the molecule is O=C(O)CS(=O)(=O)CC(=O)Nc1ccc(Br)cc1. The molecular formula is C10H10BrNO5S. The summed E-state index contributed by atoms with van der Waals surface area (Å²) in [7, 11) is -3.93. The van der Waals surface area contributed by atoms with E-state index in [1.807, 2.05) is 0 Å². The van der Waals surface area contributed by atoms with Crippen LogP contribution in [0.4, 0.5) is 5.69 Å². The fourth-order valence-corrected chi connectivity index (χ4v) is 2.38. The number of amides is 1. The summed E-state index contributed by atoms with van der Waals surface area (Å²) in [6.07, 6.45) is 0. The molecule has 0 spiro atoms. The monoisotopic (exact) mass is 335 g/mol. The molecule has 0 aliphatic rings. The smallest absolute Gasteiger partial charge is 0.318 e. The van der Waals surface area contributed by atoms with Gasteiger partial charge in [-0.1, -0.05) is 15.9 Å². The molecule has 0 fully saturated rings. The lowest BCUT2D eigenvalue weighted by Crippen LogP contribution is -2.27. The molecule has 0 aliphatic heterocycles. The second-order valence-corrected chi connectivity index (χ2v) is 6.46. The highest BCUT2D eigenvalue weighted by atomic mass is 79.9. The molecule has 0 unspecified atom stereocenters. The Morgan fingerprint density at radius 2 is 1.72 bits per heavy atom. The largest absolute Gasteiger partial charge is 0.480 e. The minimum absolute atomic E-state index is 0.439. The van der Waals surface area contributed by atoms with Gasteiger partial charge in [-0.05, 0) is 24.3 Å². The van der Waals surface area contributed by atoms with Crippen LogP contribution in [0.2, 0.25) is 0 Å². The van der Waals surface area contributed by atoms with E-state index in [1.165, 1.54) is 0 Å². The average Bonchev–Trinajstić information content (AvgIpc) is 2.18. The number of hydrogen-bond acceptors (Lipinski definition) is 4. The summed E-state index contributed by atoms with van der Waals surface area (Å²) in [4.78, 5) is 21.7. The maximum atomic E-state index is 11.4. The molecule has 2 N–H and O–H groups in total.